The molecule has 1 saturated heterocycles. The van der Waals surface area contributed by atoms with Crippen LogP contribution in [0.2, 0.25) is 0 Å². The van der Waals surface area contributed by atoms with Crippen molar-refractivity contribution >= 4 is 17.3 Å². The van der Waals surface area contributed by atoms with Gasteiger partial charge in [-0.15, -0.1) is 0 Å². The molecular weight excluding hydrogens is 364 g/mol. The van der Waals surface area contributed by atoms with Gasteiger partial charge >= 0.3 is 0 Å². The monoisotopic (exact) mass is 392 g/mol. The van der Waals surface area contributed by atoms with Gasteiger partial charge in [0.25, 0.3) is 5.91 Å². The molecule has 2 aromatic carbocycles. The number of hydrogen-bond acceptors (Lipinski definition) is 5. The van der Waals surface area contributed by atoms with Crippen molar-refractivity contribution in [2.24, 2.45) is 0 Å². The first-order chi connectivity index (χ1) is 14.0. The molecule has 6 heteroatoms. The molecule has 29 heavy (non-hydrogen) atoms. The van der Waals surface area contributed by atoms with E-state index >= 15 is 0 Å². The molecule has 0 aromatic heterocycles. The van der Waals surface area contributed by atoms with Crippen LogP contribution in [0, 0.1) is 18.3 Å². The van der Waals surface area contributed by atoms with Crippen molar-refractivity contribution in [2.45, 2.75) is 26.9 Å². The third-order valence-electron chi connectivity index (χ3n) is 5.32. The van der Waals surface area contributed by atoms with Gasteiger partial charge in [0.1, 0.15) is 5.75 Å². The minimum absolute atomic E-state index is 0.207. The minimum atomic E-state index is -0.649. The Morgan fingerprint density at radius 1 is 1.17 bits per heavy atom. The van der Waals surface area contributed by atoms with E-state index < -0.39 is 6.10 Å². The van der Waals surface area contributed by atoms with Crippen LogP contribution in [0.15, 0.2) is 42.5 Å². The summed E-state index contributed by atoms with van der Waals surface area (Å²) in [6, 6.07) is 14.9. The van der Waals surface area contributed by atoms with Gasteiger partial charge in [0.2, 0.25) is 0 Å². The highest BCUT2D eigenvalue weighted by atomic mass is 16.5. The van der Waals surface area contributed by atoms with Crippen LogP contribution in [0.5, 0.6) is 5.75 Å². The summed E-state index contributed by atoms with van der Waals surface area (Å²) in [6.07, 6.45) is -0.649. The number of likely N-dealkylation sites (N-methyl/N-ethyl adjacent to an activating group) is 1. The zero-order valence-electron chi connectivity index (χ0n) is 17.3. The average molecular weight is 393 g/mol. The van der Waals surface area contributed by atoms with Crippen LogP contribution in [0.4, 0.5) is 11.4 Å². The molecular formula is C23H28N4O2. The fraction of sp³-hybridized carbons (Fsp3) is 0.391. The van der Waals surface area contributed by atoms with Crippen molar-refractivity contribution in [2.75, 3.05) is 42.9 Å². The number of anilines is 2. The summed E-state index contributed by atoms with van der Waals surface area (Å²) in [7, 11) is 0. The second-order valence-corrected chi connectivity index (χ2v) is 7.31. The van der Waals surface area contributed by atoms with Gasteiger partial charge in [-0.05, 0) is 68.4 Å². The van der Waals surface area contributed by atoms with Crippen molar-refractivity contribution in [3.8, 4) is 11.8 Å². The molecule has 3 rings (SSSR count). The number of amides is 1. The SMILES string of the molecule is CCN1CCN(c2ccc(NC(=O)C(C)Oc3ccc(C#N)cc3)c(C)c2)CC1. The zero-order chi connectivity index (χ0) is 20.8. The summed E-state index contributed by atoms with van der Waals surface area (Å²) in [5.41, 5.74) is 3.57. The average Bonchev–Trinajstić information content (AvgIpc) is 2.75. The van der Waals surface area contributed by atoms with E-state index in [1.54, 1.807) is 31.2 Å². The van der Waals surface area contributed by atoms with Crippen LogP contribution in [0.3, 0.4) is 0 Å². The normalized spacial score (nSPS) is 15.4. The molecule has 1 aliphatic rings. The second-order valence-electron chi connectivity index (χ2n) is 7.31. The number of piperazine rings is 1. The summed E-state index contributed by atoms with van der Waals surface area (Å²) in [4.78, 5) is 17.4. The van der Waals surface area contributed by atoms with Crippen molar-refractivity contribution in [3.05, 3.63) is 53.6 Å². The Morgan fingerprint density at radius 2 is 1.86 bits per heavy atom. The van der Waals surface area contributed by atoms with Crippen LogP contribution < -0.4 is 15.0 Å². The minimum Gasteiger partial charge on any atom is -0.481 e. The molecule has 1 heterocycles. The maximum absolute atomic E-state index is 12.5. The second kappa shape index (κ2) is 9.44. The molecule has 0 radical (unpaired) electrons. The Labute approximate surface area is 172 Å². The zero-order valence-corrected chi connectivity index (χ0v) is 17.3. The van der Waals surface area contributed by atoms with Crippen molar-refractivity contribution in [3.63, 3.8) is 0 Å². The molecule has 0 spiro atoms. The molecule has 1 amide bonds. The van der Waals surface area contributed by atoms with Crippen molar-refractivity contribution in [1.29, 1.82) is 5.26 Å². The first-order valence-corrected chi connectivity index (χ1v) is 10.1. The van der Waals surface area contributed by atoms with Crippen LogP contribution in [0.25, 0.3) is 0 Å². The predicted molar refractivity (Wildman–Crippen MR) is 115 cm³/mol. The van der Waals surface area contributed by atoms with Crippen molar-refractivity contribution in [1.82, 2.24) is 4.90 Å². The van der Waals surface area contributed by atoms with Gasteiger partial charge in [0.05, 0.1) is 11.6 Å². The standard InChI is InChI=1S/C23H28N4O2/c1-4-26-11-13-27(14-12-26)20-7-10-22(17(2)15-20)25-23(28)18(3)29-21-8-5-19(16-24)6-9-21/h5-10,15,18H,4,11-14H2,1-3H3,(H,25,28). The lowest BCUT2D eigenvalue weighted by Gasteiger charge is -2.35. The number of rotatable bonds is 6. The van der Waals surface area contributed by atoms with E-state index in [2.05, 4.69) is 40.2 Å². The summed E-state index contributed by atoms with van der Waals surface area (Å²) >= 11 is 0. The molecule has 1 N–H and O–H groups in total. The summed E-state index contributed by atoms with van der Waals surface area (Å²) < 4.78 is 5.69. The van der Waals surface area contributed by atoms with Gasteiger partial charge in [-0.25, -0.2) is 0 Å². The van der Waals surface area contributed by atoms with Gasteiger partial charge in [0, 0.05) is 37.6 Å². The summed E-state index contributed by atoms with van der Waals surface area (Å²) in [5.74, 6) is 0.353. The quantitative estimate of drug-likeness (QED) is 0.816. The number of nitrogens with one attached hydrogen (secondary N) is 1. The highest BCUT2D eigenvalue weighted by Gasteiger charge is 2.18. The van der Waals surface area contributed by atoms with E-state index in [1.165, 1.54) is 5.69 Å². The molecule has 0 saturated carbocycles. The molecule has 6 nitrogen and oxygen atoms in total. The number of carbonyl (C=O) groups is 1. The van der Waals surface area contributed by atoms with Crippen LogP contribution >= 0.6 is 0 Å². The number of benzene rings is 2. The molecule has 2 aromatic rings. The lowest BCUT2D eigenvalue weighted by atomic mass is 10.1. The highest BCUT2D eigenvalue weighted by molar-refractivity contribution is 5.95. The van der Waals surface area contributed by atoms with Gasteiger partial charge in [0.15, 0.2) is 6.10 Å². The molecule has 1 unspecified atom stereocenters. The number of ether oxygens (including phenoxy) is 1. The molecule has 1 fully saturated rings. The maximum atomic E-state index is 12.5. The fourth-order valence-electron chi connectivity index (χ4n) is 3.41. The van der Waals surface area contributed by atoms with E-state index in [0.717, 1.165) is 44.0 Å². The molecule has 152 valence electrons. The van der Waals surface area contributed by atoms with E-state index in [4.69, 9.17) is 10.00 Å². The maximum Gasteiger partial charge on any atom is 0.265 e. The Balaban J connectivity index is 1.59. The molecule has 1 aliphatic heterocycles. The Bertz CT molecular complexity index is 881. The number of nitrogens with zero attached hydrogens (tertiary/aromatic N) is 3. The van der Waals surface area contributed by atoms with E-state index in [0.29, 0.717) is 11.3 Å². The Morgan fingerprint density at radius 3 is 2.45 bits per heavy atom. The van der Waals surface area contributed by atoms with E-state index in [-0.39, 0.29) is 5.91 Å². The van der Waals surface area contributed by atoms with Gasteiger partial charge < -0.3 is 19.9 Å². The van der Waals surface area contributed by atoms with Gasteiger partial charge in [-0.3, -0.25) is 4.79 Å². The Kier molecular flexibility index (Phi) is 6.73. The topological polar surface area (TPSA) is 68.6 Å². The first kappa shape index (κ1) is 20.7. The highest BCUT2D eigenvalue weighted by Crippen LogP contribution is 2.24. The third-order valence-corrected chi connectivity index (χ3v) is 5.32. The first-order valence-electron chi connectivity index (χ1n) is 10.1. The van der Waals surface area contributed by atoms with Crippen LogP contribution in [-0.4, -0.2) is 49.6 Å². The molecule has 0 bridgehead atoms. The fourth-order valence-corrected chi connectivity index (χ4v) is 3.41. The van der Waals surface area contributed by atoms with Crippen LogP contribution in [-0.2, 0) is 4.79 Å². The summed E-state index contributed by atoms with van der Waals surface area (Å²) in [5, 5.41) is 11.8. The lowest BCUT2D eigenvalue weighted by Crippen LogP contribution is -2.46. The lowest BCUT2D eigenvalue weighted by molar-refractivity contribution is -0.122. The summed E-state index contributed by atoms with van der Waals surface area (Å²) in [6.45, 7) is 11.2. The number of carbonyl (C=O) groups excluding carboxylic acids is 1. The van der Waals surface area contributed by atoms with Gasteiger partial charge in [-0.1, -0.05) is 6.92 Å². The van der Waals surface area contributed by atoms with Crippen LogP contribution in [0.1, 0.15) is 25.0 Å². The number of aryl methyl sites for hydroxylation is 1. The number of hydrogen-bond donors (Lipinski definition) is 1. The van der Waals surface area contributed by atoms with Crippen molar-refractivity contribution < 1.29 is 9.53 Å². The number of nitriles is 1. The van der Waals surface area contributed by atoms with E-state index in [1.807, 2.05) is 13.0 Å². The predicted octanol–water partition coefficient (Wildman–Crippen LogP) is 3.41. The smallest absolute Gasteiger partial charge is 0.265 e. The molecule has 1 atom stereocenters. The van der Waals surface area contributed by atoms with Gasteiger partial charge in [-0.2, -0.15) is 5.26 Å². The Hall–Kier alpha value is -3.04. The third kappa shape index (κ3) is 5.27. The largest absolute Gasteiger partial charge is 0.481 e. The molecule has 0 aliphatic carbocycles. The van der Waals surface area contributed by atoms with E-state index in [9.17, 15) is 4.79 Å².